The van der Waals surface area contributed by atoms with Crippen LogP contribution in [0.5, 0.6) is 5.75 Å². The van der Waals surface area contributed by atoms with Gasteiger partial charge in [0.05, 0.1) is 6.61 Å². The number of ether oxygens (including phenoxy) is 1. The molecular weight excluding hydrogens is 242 g/mol. The van der Waals surface area contributed by atoms with Gasteiger partial charge in [-0.1, -0.05) is 19.1 Å². The molecule has 0 aromatic heterocycles. The first-order valence-electron chi connectivity index (χ1n) is 6.64. The lowest BCUT2D eigenvalue weighted by atomic mass is 9.91. The third-order valence-electron chi connectivity index (χ3n) is 2.91. The van der Waals surface area contributed by atoms with E-state index >= 15 is 0 Å². The molecule has 0 aliphatic heterocycles. The van der Waals surface area contributed by atoms with Gasteiger partial charge in [-0.25, -0.2) is 4.79 Å². The third kappa shape index (κ3) is 3.96. The van der Waals surface area contributed by atoms with Gasteiger partial charge in [0, 0.05) is 6.04 Å². The van der Waals surface area contributed by atoms with Crippen molar-refractivity contribution in [3.63, 3.8) is 0 Å². The molecule has 1 unspecified atom stereocenters. The summed E-state index contributed by atoms with van der Waals surface area (Å²) in [4.78, 5) is 11.5. The minimum Gasteiger partial charge on any atom is -0.494 e. The smallest absolute Gasteiger partial charge is 0.328 e. The van der Waals surface area contributed by atoms with Crippen molar-refractivity contribution in [2.24, 2.45) is 0 Å². The van der Waals surface area contributed by atoms with Crippen LogP contribution in [0.4, 0.5) is 0 Å². The van der Waals surface area contributed by atoms with Crippen molar-refractivity contribution in [3.8, 4) is 5.75 Å². The van der Waals surface area contributed by atoms with Crippen LogP contribution < -0.4 is 10.1 Å². The number of rotatable bonds is 7. The van der Waals surface area contributed by atoms with Crippen molar-refractivity contribution in [1.82, 2.24) is 5.32 Å². The van der Waals surface area contributed by atoms with Gasteiger partial charge < -0.3 is 9.84 Å². The van der Waals surface area contributed by atoms with Gasteiger partial charge in [0.1, 0.15) is 11.3 Å². The van der Waals surface area contributed by atoms with Gasteiger partial charge in [-0.2, -0.15) is 0 Å². The summed E-state index contributed by atoms with van der Waals surface area (Å²) in [6, 6.07) is 7.31. The van der Waals surface area contributed by atoms with E-state index in [0.717, 1.165) is 17.7 Å². The van der Waals surface area contributed by atoms with Gasteiger partial charge >= 0.3 is 5.97 Å². The largest absolute Gasteiger partial charge is 0.494 e. The van der Waals surface area contributed by atoms with Crippen molar-refractivity contribution < 1.29 is 14.6 Å². The van der Waals surface area contributed by atoms with E-state index in [1.807, 2.05) is 32.9 Å². The zero-order chi connectivity index (χ0) is 14.5. The van der Waals surface area contributed by atoms with Crippen LogP contribution in [0, 0.1) is 0 Å². The van der Waals surface area contributed by atoms with E-state index in [1.54, 1.807) is 19.1 Å². The topological polar surface area (TPSA) is 58.6 Å². The van der Waals surface area contributed by atoms with Gasteiger partial charge in [-0.3, -0.25) is 5.32 Å². The van der Waals surface area contributed by atoms with Crippen LogP contribution in [0.1, 0.15) is 39.7 Å². The van der Waals surface area contributed by atoms with E-state index in [1.165, 1.54) is 0 Å². The number of carboxylic acid groups (broad SMARTS) is 1. The summed E-state index contributed by atoms with van der Waals surface area (Å²) in [5, 5.41) is 12.5. The lowest BCUT2D eigenvalue weighted by Gasteiger charge is -2.29. The van der Waals surface area contributed by atoms with E-state index in [4.69, 9.17) is 4.74 Å². The molecule has 19 heavy (non-hydrogen) atoms. The molecular formula is C15H23NO3. The van der Waals surface area contributed by atoms with E-state index in [-0.39, 0.29) is 6.04 Å². The quantitative estimate of drug-likeness (QED) is 0.796. The Hall–Kier alpha value is -1.55. The summed E-state index contributed by atoms with van der Waals surface area (Å²) in [6.45, 7) is 8.25. The molecule has 4 nitrogen and oxygen atoms in total. The molecule has 0 aliphatic rings. The molecule has 0 heterocycles. The Labute approximate surface area is 114 Å². The minimum atomic E-state index is -1.09. The van der Waals surface area contributed by atoms with Crippen molar-refractivity contribution >= 4 is 5.97 Å². The van der Waals surface area contributed by atoms with Crippen LogP contribution in [0.2, 0.25) is 0 Å². The lowest BCUT2D eigenvalue weighted by Crippen LogP contribution is -2.49. The Morgan fingerprint density at radius 2 is 1.95 bits per heavy atom. The molecule has 0 spiro atoms. The molecule has 1 rings (SSSR count). The minimum absolute atomic E-state index is 0.0807. The van der Waals surface area contributed by atoms with Crippen molar-refractivity contribution in [1.29, 1.82) is 0 Å². The van der Waals surface area contributed by atoms with Gasteiger partial charge in [-0.15, -0.1) is 0 Å². The first kappa shape index (κ1) is 15.5. The number of hydrogen-bond acceptors (Lipinski definition) is 3. The molecule has 0 amide bonds. The lowest BCUT2D eigenvalue weighted by molar-refractivity contribution is -0.144. The fraction of sp³-hybridized carbons (Fsp3) is 0.533. The maximum Gasteiger partial charge on any atom is 0.328 e. The molecule has 0 saturated carbocycles. The molecule has 1 aromatic carbocycles. The van der Waals surface area contributed by atoms with Crippen LogP contribution in [-0.2, 0) is 10.3 Å². The Morgan fingerprint density at radius 1 is 1.37 bits per heavy atom. The summed E-state index contributed by atoms with van der Waals surface area (Å²) in [5.74, 6) is -0.119. The first-order valence-corrected chi connectivity index (χ1v) is 6.64. The summed E-state index contributed by atoms with van der Waals surface area (Å²) >= 11 is 0. The normalized spacial score (nSPS) is 14.2. The molecule has 4 heteroatoms. The van der Waals surface area contributed by atoms with Crippen LogP contribution in [-0.4, -0.2) is 23.7 Å². The fourth-order valence-electron chi connectivity index (χ4n) is 1.95. The van der Waals surface area contributed by atoms with Gasteiger partial charge in [-0.05, 0) is 44.9 Å². The Morgan fingerprint density at radius 3 is 2.37 bits per heavy atom. The van der Waals surface area contributed by atoms with Crippen molar-refractivity contribution in [3.05, 3.63) is 29.8 Å². The third-order valence-corrected chi connectivity index (χ3v) is 2.91. The predicted molar refractivity (Wildman–Crippen MR) is 75.5 cm³/mol. The second kappa shape index (κ2) is 6.57. The van der Waals surface area contributed by atoms with E-state index in [0.29, 0.717) is 6.61 Å². The van der Waals surface area contributed by atoms with E-state index < -0.39 is 11.5 Å². The molecule has 0 aliphatic carbocycles. The maximum atomic E-state index is 11.5. The van der Waals surface area contributed by atoms with Crippen LogP contribution >= 0.6 is 0 Å². The Bertz CT molecular complexity index is 414. The van der Waals surface area contributed by atoms with E-state index in [9.17, 15) is 9.90 Å². The van der Waals surface area contributed by atoms with Crippen molar-refractivity contribution in [2.45, 2.75) is 45.7 Å². The van der Waals surface area contributed by atoms with Gasteiger partial charge in [0.15, 0.2) is 0 Å². The number of hydrogen-bond donors (Lipinski definition) is 2. The molecule has 1 atom stereocenters. The molecule has 0 saturated heterocycles. The number of carboxylic acids is 1. The summed E-state index contributed by atoms with van der Waals surface area (Å²) < 4.78 is 5.50. The van der Waals surface area contributed by atoms with Crippen molar-refractivity contribution in [2.75, 3.05) is 6.61 Å². The monoisotopic (exact) mass is 265 g/mol. The highest BCUT2D eigenvalue weighted by Crippen LogP contribution is 2.24. The zero-order valence-electron chi connectivity index (χ0n) is 12.1. The summed E-state index contributed by atoms with van der Waals surface area (Å²) in [5.41, 5.74) is -0.366. The molecule has 0 bridgehead atoms. The van der Waals surface area contributed by atoms with Gasteiger partial charge in [0.2, 0.25) is 0 Å². The number of benzene rings is 1. The second-order valence-electron chi connectivity index (χ2n) is 5.10. The fourth-order valence-corrected chi connectivity index (χ4v) is 1.95. The van der Waals surface area contributed by atoms with Crippen LogP contribution in [0.15, 0.2) is 24.3 Å². The van der Waals surface area contributed by atoms with Crippen LogP contribution in [0.3, 0.4) is 0 Å². The summed E-state index contributed by atoms with van der Waals surface area (Å²) in [6.07, 6.45) is 0.948. The highest BCUT2D eigenvalue weighted by atomic mass is 16.5. The van der Waals surface area contributed by atoms with Crippen LogP contribution in [0.25, 0.3) is 0 Å². The molecule has 0 radical (unpaired) electrons. The molecule has 1 aromatic rings. The second-order valence-corrected chi connectivity index (χ2v) is 5.10. The summed E-state index contributed by atoms with van der Waals surface area (Å²) in [7, 11) is 0. The Balaban J connectivity index is 2.94. The SMILES string of the molecule is CCCOc1ccc(C(C)(NC(C)C)C(=O)O)cc1. The molecule has 2 N–H and O–H groups in total. The molecule has 0 fully saturated rings. The molecule has 106 valence electrons. The average Bonchev–Trinajstić information content (AvgIpc) is 2.35. The standard InChI is InChI=1S/C15H23NO3/c1-5-10-19-13-8-6-12(7-9-13)15(4,14(17)18)16-11(2)3/h6-9,11,16H,5,10H2,1-4H3,(H,17,18). The maximum absolute atomic E-state index is 11.5. The first-order chi connectivity index (χ1) is 8.90. The number of nitrogens with one attached hydrogen (secondary N) is 1. The predicted octanol–water partition coefficient (Wildman–Crippen LogP) is 2.77. The zero-order valence-corrected chi connectivity index (χ0v) is 12.1. The van der Waals surface area contributed by atoms with E-state index in [2.05, 4.69) is 5.32 Å². The van der Waals surface area contributed by atoms with Gasteiger partial charge in [0.25, 0.3) is 0 Å². The highest BCUT2D eigenvalue weighted by molar-refractivity contribution is 5.80. The highest BCUT2D eigenvalue weighted by Gasteiger charge is 2.35. The Kier molecular flexibility index (Phi) is 5.36. The average molecular weight is 265 g/mol. The number of aliphatic carboxylic acids is 1. The number of carbonyl (C=O) groups is 1.